The molecule has 0 atom stereocenters. The van der Waals surface area contributed by atoms with Crippen LogP contribution in [0.4, 0.5) is 0 Å². The lowest BCUT2D eigenvalue weighted by atomic mass is 10.3. The van der Waals surface area contributed by atoms with Gasteiger partial charge in [0, 0.05) is 16.0 Å². The Kier molecular flexibility index (Phi) is 2.71. The van der Waals surface area contributed by atoms with E-state index in [4.69, 9.17) is 0 Å². The molecule has 2 aromatic rings. The second-order valence-corrected chi connectivity index (χ2v) is 4.29. The molecule has 13 heavy (non-hydrogen) atoms. The van der Waals surface area contributed by atoms with Gasteiger partial charge in [-0.2, -0.15) is 2.90 Å². The number of pyridine rings is 1. The number of nitrogens with zero attached hydrogens (tertiary/aromatic N) is 5. The zero-order valence-corrected chi connectivity index (χ0v) is 10.5. The molecule has 0 aliphatic carbocycles. The lowest BCUT2D eigenvalue weighted by Gasteiger charge is -1.98. The van der Waals surface area contributed by atoms with E-state index in [-0.39, 0.29) is 0 Å². The molecule has 66 valence electrons. The second-order valence-electron chi connectivity index (χ2n) is 2.22. The first-order valence-electron chi connectivity index (χ1n) is 3.33. The Hall–Kier alpha value is -0.320. The van der Waals surface area contributed by atoms with Crippen molar-refractivity contribution in [2.75, 3.05) is 0 Å². The summed E-state index contributed by atoms with van der Waals surface area (Å²) in [4.78, 5) is 4.03. The molecule has 2 aromatic heterocycles. The van der Waals surface area contributed by atoms with E-state index in [1.54, 1.807) is 15.3 Å². The number of aromatic nitrogens is 5. The quantitative estimate of drug-likeness (QED) is 0.684. The number of rotatable bonds is 1. The molecule has 0 saturated heterocycles. The van der Waals surface area contributed by atoms with Gasteiger partial charge < -0.3 is 0 Å². The fourth-order valence-electron chi connectivity index (χ4n) is 0.872. The van der Waals surface area contributed by atoms with Crippen LogP contribution in [-0.2, 0) is 0 Å². The highest BCUT2D eigenvalue weighted by molar-refractivity contribution is 14.1. The number of hydrogen-bond donors (Lipinski definition) is 0. The van der Waals surface area contributed by atoms with Crippen molar-refractivity contribution in [3.63, 3.8) is 0 Å². The molecule has 2 heterocycles. The molecule has 0 bridgehead atoms. The summed E-state index contributed by atoms with van der Waals surface area (Å²) < 4.78 is 2.68. The van der Waals surface area contributed by atoms with Gasteiger partial charge in [-0.15, -0.1) is 5.10 Å². The van der Waals surface area contributed by atoms with E-state index in [0.717, 1.165) is 15.0 Å². The predicted octanol–water partition coefficient (Wildman–Crippen LogP) is 1.54. The number of hydrogen-bond acceptors (Lipinski definition) is 4. The third-order valence-electron chi connectivity index (χ3n) is 1.44. The van der Waals surface area contributed by atoms with Crippen molar-refractivity contribution in [1.29, 1.82) is 0 Å². The average Bonchev–Trinajstić information content (AvgIpc) is 2.52. The summed E-state index contributed by atoms with van der Waals surface area (Å²) in [6.45, 7) is 0. The highest BCUT2D eigenvalue weighted by Gasteiger charge is 2.09. The summed E-state index contributed by atoms with van der Waals surface area (Å²) in [7, 11) is 0. The van der Waals surface area contributed by atoms with Gasteiger partial charge in [-0.05, 0) is 39.1 Å². The average molecular weight is 399 g/mol. The first-order valence-corrected chi connectivity index (χ1v) is 5.38. The Morgan fingerprint density at radius 1 is 1.38 bits per heavy atom. The normalized spacial score (nSPS) is 10.3. The van der Waals surface area contributed by atoms with Crippen molar-refractivity contribution in [1.82, 2.24) is 23.4 Å². The third-order valence-corrected chi connectivity index (χ3v) is 3.03. The van der Waals surface area contributed by atoms with Crippen LogP contribution in [0.1, 0.15) is 0 Å². The smallest absolute Gasteiger partial charge is 0.194 e. The van der Waals surface area contributed by atoms with Gasteiger partial charge in [0.25, 0.3) is 0 Å². The first-order chi connectivity index (χ1) is 6.29. The summed E-state index contributed by atoms with van der Waals surface area (Å²) in [5.74, 6) is 0.720. The molecule has 2 rings (SSSR count). The van der Waals surface area contributed by atoms with Crippen LogP contribution in [-0.4, -0.2) is 23.4 Å². The van der Waals surface area contributed by atoms with E-state index in [1.165, 1.54) is 0 Å². The van der Waals surface area contributed by atoms with Gasteiger partial charge in [-0.1, -0.05) is 0 Å². The largest absolute Gasteiger partial charge is 0.264 e. The van der Waals surface area contributed by atoms with E-state index in [1.807, 2.05) is 28.9 Å². The predicted molar refractivity (Wildman–Crippen MR) is 63.2 cm³/mol. The van der Waals surface area contributed by atoms with Gasteiger partial charge in [0.15, 0.2) is 5.82 Å². The molecule has 0 N–H and O–H groups in total. The monoisotopic (exact) mass is 399 g/mol. The first kappa shape index (κ1) is 9.24. The summed E-state index contributed by atoms with van der Waals surface area (Å²) in [5, 5.41) is 11.2. The van der Waals surface area contributed by atoms with Crippen LogP contribution in [0.5, 0.6) is 0 Å². The maximum Gasteiger partial charge on any atom is 0.194 e. The Balaban J connectivity index is 2.59. The van der Waals surface area contributed by atoms with Crippen LogP contribution >= 0.6 is 45.5 Å². The van der Waals surface area contributed by atoms with E-state index >= 15 is 0 Å². The number of halogens is 2. The summed E-state index contributed by atoms with van der Waals surface area (Å²) >= 11 is 4.25. The SMILES string of the molecule is Ic1ccncc1-c1nnnn1I. The molecule has 0 spiro atoms. The van der Waals surface area contributed by atoms with Crippen LogP contribution in [0.3, 0.4) is 0 Å². The topological polar surface area (TPSA) is 56.5 Å². The van der Waals surface area contributed by atoms with E-state index in [2.05, 4.69) is 43.1 Å². The van der Waals surface area contributed by atoms with Crippen molar-refractivity contribution in [3.8, 4) is 11.4 Å². The van der Waals surface area contributed by atoms with Crippen LogP contribution in [0.25, 0.3) is 11.4 Å². The van der Waals surface area contributed by atoms with Crippen LogP contribution in [0, 0.1) is 3.57 Å². The van der Waals surface area contributed by atoms with Gasteiger partial charge in [0.05, 0.1) is 28.4 Å². The highest BCUT2D eigenvalue weighted by Crippen LogP contribution is 2.21. The Morgan fingerprint density at radius 2 is 2.23 bits per heavy atom. The zero-order chi connectivity index (χ0) is 9.26. The molecule has 0 unspecified atom stereocenters. The number of tetrazole rings is 1. The fraction of sp³-hybridized carbons (Fsp3) is 0. The molecule has 0 amide bonds. The summed E-state index contributed by atoms with van der Waals surface area (Å²) in [6, 6.07) is 1.92. The van der Waals surface area contributed by atoms with Crippen LogP contribution < -0.4 is 0 Å². The second kappa shape index (κ2) is 3.82. The molecule has 0 radical (unpaired) electrons. The zero-order valence-electron chi connectivity index (χ0n) is 6.22. The van der Waals surface area contributed by atoms with Crippen molar-refractivity contribution < 1.29 is 0 Å². The Morgan fingerprint density at radius 3 is 2.85 bits per heavy atom. The Labute approximate surface area is 102 Å². The van der Waals surface area contributed by atoms with E-state index < -0.39 is 0 Å². The molecular weight excluding hydrogens is 396 g/mol. The van der Waals surface area contributed by atoms with Crippen molar-refractivity contribution in [2.45, 2.75) is 0 Å². The van der Waals surface area contributed by atoms with E-state index in [0.29, 0.717) is 0 Å². The minimum Gasteiger partial charge on any atom is -0.264 e. The molecule has 0 fully saturated rings. The minimum atomic E-state index is 0.720. The van der Waals surface area contributed by atoms with Crippen LogP contribution in [0.15, 0.2) is 18.5 Å². The minimum absolute atomic E-state index is 0.720. The lowest BCUT2D eigenvalue weighted by molar-refractivity contribution is 0.870. The molecule has 0 aliphatic heterocycles. The molecule has 0 aromatic carbocycles. The fourth-order valence-corrected chi connectivity index (χ4v) is 1.86. The summed E-state index contributed by atoms with van der Waals surface area (Å²) in [6.07, 6.45) is 3.50. The molecular formula is C6H3I2N5. The molecule has 0 saturated carbocycles. The standard InChI is InChI=1S/C6H3I2N5/c7-5-1-2-9-3-4(5)6-10-11-12-13(6)8/h1-3H. The molecule has 7 heteroatoms. The van der Waals surface area contributed by atoms with Gasteiger partial charge in [-0.3, -0.25) is 4.98 Å². The lowest BCUT2D eigenvalue weighted by Crippen LogP contribution is -1.91. The Bertz CT molecular complexity index is 426. The van der Waals surface area contributed by atoms with Crippen LogP contribution in [0.2, 0.25) is 0 Å². The highest BCUT2D eigenvalue weighted by atomic mass is 127. The third kappa shape index (κ3) is 1.80. The van der Waals surface area contributed by atoms with E-state index in [9.17, 15) is 0 Å². The van der Waals surface area contributed by atoms with Crippen molar-refractivity contribution >= 4 is 45.5 Å². The maximum absolute atomic E-state index is 4.03. The van der Waals surface area contributed by atoms with Crippen molar-refractivity contribution in [2.24, 2.45) is 0 Å². The van der Waals surface area contributed by atoms with Crippen molar-refractivity contribution in [3.05, 3.63) is 22.0 Å². The summed E-state index contributed by atoms with van der Waals surface area (Å²) in [5.41, 5.74) is 0.947. The van der Waals surface area contributed by atoms with Gasteiger partial charge in [-0.25, -0.2) is 0 Å². The van der Waals surface area contributed by atoms with Gasteiger partial charge >= 0.3 is 0 Å². The maximum atomic E-state index is 4.03. The molecule has 5 nitrogen and oxygen atoms in total. The van der Waals surface area contributed by atoms with Gasteiger partial charge in [0.2, 0.25) is 0 Å². The van der Waals surface area contributed by atoms with Gasteiger partial charge in [0.1, 0.15) is 0 Å². The molecule has 0 aliphatic rings.